The molecule has 0 saturated heterocycles. The molecule has 2 rings (SSSR count). The van der Waals surface area contributed by atoms with E-state index in [1.807, 2.05) is 6.92 Å². The van der Waals surface area contributed by atoms with Crippen molar-refractivity contribution in [3.8, 4) is 0 Å². The lowest BCUT2D eigenvalue weighted by molar-refractivity contribution is -0.143. The van der Waals surface area contributed by atoms with Gasteiger partial charge in [0.1, 0.15) is 12.3 Å². The van der Waals surface area contributed by atoms with Gasteiger partial charge in [-0.1, -0.05) is 13.3 Å². The molecule has 0 bridgehead atoms. The average Bonchev–Trinajstić information content (AvgIpc) is 2.75. The minimum atomic E-state index is -4.66. The molecule has 0 spiro atoms. The summed E-state index contributed by atoms with van der Waals surface area (Å²) in [6.45, 7) is 2.22. The maximum Gasteiger partial charge on any atom is 0.435 e. The Labute approximate surface area is 101 Å². The van der Waals surface area contributed by atoms with Crippen molar-refractivity contribution in [2.45, 2.75) is 51.2 Å². The van der Waals surface area contributed by atoms with Crippen LogP contribution in [0.15, 0.2) is 0 Å². The molecule has 0 aromatic carbocycles. The van der Waals surface area contributed by atoms with Gasteiger partial charge in [0.2, 0.25) is 0 Å². The van der Waals surface area contributed by atoms with Gasteiger partial charge in [0, 0.05) is 24.2 Å². The van der Waals surface area contributed by atoms with Gasteiger partial charge in [-0.15, -0.1) is 0 Å². The second-order valence-electron chi connectivity index (χ2n) is 4.45. The second-order valence-corrected chi connectivity index (χ2v) is 4.45. The normalized spacial score (nSPS) is 23.4. The molecule has 2 atom stereocenters. The summed E-state index contributed by atoms with van der Waals surface area (Å²) in [5, 5.41) is 13.0. The van der Waals surface area contributed by atoms with Gasteiger partial charge in [0.05, 0.1) is 0 Å². The summed E-state index contributed by atoms with van der Waals surface area (Å²) in [7, 11) is 0. The Morgan fingerprint density at radius 1 is 1.44 bits per heavy atom. The van der Waals surface area contributed by atoms with Crippen molar-refractivity contribution in [3.63, 3.8) is 0 Å². The molecule has 0 radical (unpaired) electrons. The van der Waals surface area contributed by atoms with Crippen LogP contribution in [0.2, 0.25) is 0 Å². The van der Waals surface area contributed by atoms with Gasteiger partial charge in [-0.2, -0.15) is 18.3 Å². The highest BCUT2D eigenvalue weighted by Gasteiger charge is 2.46. The average molecular weight is 266 g/mol. The Hall–Kier alpha value is -1.11. The van der Waals surface area contributed by atoms with Gasteiger partial charge >= 0.3 is 6.18 Å². The van der Waals surface area contributed by atoms with Crippen LogP contribution in [0, 0.1) is 0 Å². The SMILES string of the molecule is CCCCn1nc(C(F)(F)F)c2c1C[C@H](F)[C@H]2O. The van der Waals surface area contributed by atoms with E-state index in [1.165, 1.54) is 4.68 Å². The zero-order chi connectivity index (χ0) is 13.5. The van der Waals surface area contributed by atoms with Crippen LogP contribution in [0.4, 0.5) is 17.6 Å². The first kappa shape index (κ1) is 13.3. The number of nitrogens with zero attached hydrogens (tertiary/aromatic N) is 2. The number of aliphatic hydroxyl groups is 1. The summed E-state index contributed by atoms with van der Waals surface area (Å²) in [5.74, 6) is 0. The van der Waals surface area contributed by atoms with Crippen LogP contribution in [0.5, 0.6) is 0 Å². The van der Waals surface area contributed by atoms with Crippen LogP contribution in [-0.2, 0) is 19.1 Å². The maximum atomic E-state index is 13.4. The summed E-state index contributed by atoms with van der Waals surface area (Å²) in [6, 6.07) is 0. The molecule has 18 heavy (non-hydrogen) atoms. The van der Waals surface area contributed by atoms with Crippen LogP contribution in [0.3, 0.4) is 0 Å². The van der Waals surface area contributed by atoms with Crippen molar-refractivity contribution in [1.29, 1.82) is 0 Å². The lowest BCUT2D eigenvalue weighted by atomic mass is 10.1. The van der Waals surface area contributed by atoms with Crippen LogP contribution in [-0.4, -0.2) is 21.1 Å². The van der Waals surface area contributed by atoms with E-state index >= 15 is 0 Å². The van der Waals surface area contributed by atoms with Crippen molar-refractivity contribution >= 4 is 0 Å². The smallest absolute Gasteiger partial charge is 0.385 e. The van der Waals surface area contributed by atoms with E-state index in [0.717, 1.165) is 6.42 Å². The number of aliphatic hydroxyl groups excluding tert-OH is 1. The molecule has 1 aliphatic rings. The van der Waals surface area contributed by atoms with Gasteiger partial charge in [-0.3, -0.25) is 4.68 Å². The number of fused-ring (bicyclic) bond motifs is 1. The monoisotopic (exact) mass is 266 g/mol. The quantitative estimate of drug-likeness (QED) is 0.854. The molecule has 1 aliphatic carbocycles. The van der Waals surface area contributed by atoms with Crippen molar-refractivity contribution < 1.29 is 22.7 Å². The molecule has 1 aromatic rings. The standard InChI is InChI=1S/C11H14F4N2O/c1-2-3-4-17-7-5-6(12)9(18)8(7)10(16-17)11(13,14)15/h6,9,18H,2-5H2,1H3/t6-,9+/m0/s1. The highest BCUT2D eigenvalue weighted by atomic mass is 19.4. The lowest BCUT2D eigenvalue weighted by Gasteiger charge is -2.10. The van der Waals surface area contributed by atoms with Crippen LogP contribution in [0.25, 0.3) is 0 Å². The van der Waals surface area contributed by atoms with Crippen LogP contribution in [0.1, 0.15) is 42.8 Å². The first-order valence-electron chi connectivity index (χ1n) is 5.85. The molecule has 0 fully saturated rings. The maximum absolute atomic E-state index is 13.4. The number of hydrogen-bond donors (Lipinski definition) is 1. The number of halogens is 4. The first-order valence-corrected chi connectivity index (χ1v) is 5.85. The summed E-state index contributed by atoms with van der Waals surface area (Å²) in [4.78, 5) is 0. The third-order valence-electron chi connectivity index (χ3n) is 3.12. The number of alkyl halides is 4. The number of hydrogen-bond acceptors (Lipinski definition) is 2. The number of rotatable bonds is 3. The Morgan fingerprint density at radius 3 is 2.67 bits per heavy atom. The summed E-state index contributed by atoms with van der Waals surface area (Å²) < 4.78 is 52.8. The fraction of sp³-hybridized carbons (Fsp3) is 0.727. The Balaban J connectivity index is 2.44. The van der Waals surface area contributed by atoms with Crippen molar-refractivity contribution in [2.75, 3.05) is 0 Å². The van der Waals surface area contributed by atoms with E-state index in [2.05, 4.69) is 5.10 Å². The van der Waals surface area contributed by atoms with E-state index in [1.54, 1.807) is 0 Å². The highest BCUT2D eigenvalue weighted by molar-refractivity contribution is 5.36. The molecule has 0 saturated carbocycles. The van der Waals surface area contributed by atoms with Gasteiger partial charge in [0.15, 0.2) is 5.69 Å². The fourth-order valence-electron chi connectivity index (χ4n) is 2.22. The molecule has 0 aliphatic heterocycles. The van der Waals surface area contributed by atoms with Gasteiger partial charge in [-0.25, -0.2) is 4.39 Å². The molecule has 0 amide bonds. The number of unbranched alkanes of at least 4 members (excludes halogenated alkanes) is 1. The molecular weight excluding hydrogens is 252 g/mol. The largest absolute Gasteiger partial charge is 0.435 e. The minimum Gasteiger partial charge on any atom is -0.385 e. The molecule has 7 heteroatoms. The highest BCUT2D eigenvalue weighted by Crippen LogP contribution is 2.42. The third kappa shape index (κ3) is 2.11. The predicted molar refractivity (Wildman–Crippen MR) is 55.7 cm³/mol. The fourth-order valence-corrected chi connectivity index (χ4v) is 2.22. The Morgan fingerprint density at radius 2 is 2.11 bits per heavy atom. The minimum absolute atomic E-state index is 0.177. The Kier molecular flexibility index (Phi) is 3.35. The molecule has 102 valence electrons. The molecular formula is C11H14F4N2O. The van der Waals surface area contributed by atoms with E-state index in [9.17, 15) is 22.7 Å². The molecule has 1 aromatic heterocycles. The molecule has 1 heterocycles. The molecule has 0 unspecified atom stereocenters. The topological polar surface area (TPSA) is 38.0 Å². The van der Waals surface area contributed by atoms with E-state index < -0.39 is 24.1 Å². The van der Waals surface area contributed by atoms with Gasteiger partial charge in [0.25, 0.3) is 0 Å². The summed E-state index contributed by atoms with van der Waals surface area (Å²) in [6.07, 6.45) is -6.79. The van der Waals surface area contributed by atoms with Gasteiger partial charge in [-0.05, 0) is 6.42 Å². The Bertz CT molecular complexity index is 441. The second kappa shape index (κ2) is 4.53. The zero-order valence-electron chi connectivity index (χ0n) is 9.84. The van der Waals surface area contributed by atoms with E-state index in [4.69, 9.17) is 0 Å². The predicted octanol–water partition coefficient (Wildman–Crippen LogP) is 2.63. The molecule has 3 nitrogen and oxygen atoms in total. The third-order valence-corrected chi connectivity index (χ3v) is 3.12. The number of aromatic nitrogens is 2. The van der Waals surface area contributed by atoms with E-state index in [0.29, 0.717) is 13.0 Å². The molecule has 1 N–H and O–H groups in total. The van der Waals surface area contributed by atoms with Crippen molar-refractivity contribution in [2.24, 2.45) is 0 Å². The zero-order valence-corrected chi connectivity index (χ0v) is 9.84. The van der Waals surface area contributed by atoms with Gasteiger partial charge < -0.3 is 5.11 Å². The summed E-state index contributed by atoms with van der Waals surface area (Å²) >= 11 is 0. The van der Waals surface area contributed by atoms with Crippen LogP contribution >= 0.6 is 0 Å². The first-order chi connectivity index (χ1) is 8.36. The van der Waals surface area contributed by atoms with Crippen molar-refractivity contribution in [3.05, 3.63) is 17.0 Å². The van der Waals surface area contributed by atoms with Crippen molar-refractivity contribution in [1.82, 2.24) is 9.78 Å². The summed E-state index contributed by atoms with van der Waals surface area (Å²) in [5.41, 5.74) is -1.36. The lowest BCUT2D eigenvalue weighted by Crippen LogP contribution is -2.16. The van der Waals surface area contributed by atoms with Crippen LogP contribution < -0.4 is 0 Å². The van der Waals surface area contributed by atoms with E-state index in [-0.39, 0.29) is 17.7 Å². The number of aryl methyl sites for hydroxylation is 1.